The molecule has 3 unspecified atom stereocenters. The average Bonchev–Trinajstić information content (AvgIpc) is 3.57. The van der Waals surface area contributed by atoms with Crippen molar-refractivity contribution in [3.8, 4) is 34.8 Å². The van der Waals surface area contributed by atoms with Crippen molar-refractivity contribution < 1.29 is 28.5 Å². The Bertz CT molecular complexity index is 2580. The molecule has 67 heavy (non-hydrogen) atoms. The molecule has 11 nitrogen and oxygen atoms in total. The molecule has 3 atom stereocenters. The molecular weight excluding hydrogens is 956 g/mol. The average molecular weight is 1000 g/mol. The van der Waals surface area contributed by atoms with Crippen LogP contribution in [0.1, 0.15) is 44.4 Å². The van der Waals surface area contributed by atoms with E-state index in [1.54, 1.807) is 59.8 Å². The highest BCUT2D eigenvalue weighted by atomic mass is 35.5. The van der Waals surface area contributed by atoms with Gasteiger partial charge in [0.1, 0.15) is 46.5 Å². The predicted octanol–water partition coefficient (Wildman–Crippen LogP) is 14.5. The number of carbonyl (C=O) groups excluding carboxylic acids is 2. The van der Waals surface area contributed by atoms with Gasteiger partial charge in [0.15, 0.2) is 12.3 Å². The highest BCUT2D eigenvalue weighted by molar-refractivity contribution is 6.55. The van der Waals surface area contributed by atoms with Gasteiger partial charge >= 0.3 is 12.0 Å². The van der Waals surface area contributed by atoms with E-state index < -0.39 is 12.1 Å². The minimum absolute atomic E-state index is 0.114. The number of halogens is 5. The van der Waals surface area contributed by atoms with E-state index in [2.05, 4.69) is 11.9 Å². The second kappa shape index (κ2) is 26.8. The van der Waals surface area contributed by atoms with Crippen LogP contribution in [0, 0.1) is 47.3 Å². The molecule has 0 spiro atoms. The summed E-state index contributed by atoms with van der Waals surface area (Å²) in [6, 6.07) is 38.7. The highest BCUT2D eigenvalue weighted by Gasteiger charge is 2.62. The van der Waals surface area contributed by atoms with Gasteiger partial charge in [0.2, 0.25) is 6.10 Å². The molecule has 5 aromatic carbocycles. The van der Waals surface area contributed by atoms with E-state index in [0.29, 0.717) is 51.0 Å². The monoisotopic (exact) mass is 999 g/mol. The first-order valence-corrected chi connectivity index (χ1v) is 22.5. The van der Waals surface area contributed by atoms with Crippen molar-refractivity contribution in [3.63, 3.8) is 0 Å². The van der Waals surface area contributed by atoms with Crippen LogP contribution < -0.4 is 14.2 Å². The molecule has 0 N–H and O–H groups in total. The van der Waals surface area contributed by atoms with Gasteiger partial charge in [-0.15, -0.1) is 0 Å². The number of nitrogens with zero attached hydrogens (tertiary/aromatic N) is 5. The SMILES string of the molecule is CC1(C)C(C=C(Cl)Cl)C1C(=O)OC(C#N)c1cccc(Oc2ccccc2)c1.CCCN(CCOc1c(Cl)cc(Cl)cc1Cl)C(=O)n1ccnc1.[CH2]c1cccc(Oc2ccccc2)c1.[C]#N. The lowest BCUT2D eigenvalue weighted by Gasteiger charge is -2.22. The van der Waals surface area contributed by atoms with Crippen LogP contribution in [0.3, 0.4) is 0 Å². The van der Waals surface area contributed by atoms with Crippen molar-refractivity contribution in [1.82, 2.24) is 14.5 Å². The Labute approximate surface area is 416 Å². The summed E-state index contributed by atoms with van der Waals surface area (Å²) in [5.74, 6) is 2.32. The molecule has 1 heterocycles. The molecule has 1 aromatic heterocycles. The second-order valence-corrected chi connectivity index (χ2v) is 17.3. The molecule has 1 saturated carbocycles. The second-order valence-electron chi connectivity index (χ2n) is 15.1. The van der Waals surface area contributed by atoms with Crippen molar-refractivity contribution in [2.45, 2.75) is 33.3 Å². The molecule has 0 aliphatic heterocycles. The minimum atomic E-state index is -1.03. The maximum atomic E-state index is 12.6. The summed E-state index contributed by atoms with van der Waals surface area (Å²) >= 11 is 29.5. The van der Waals surface area contributed by atoms with Gasteiger partial charge in [-0.05, 0) is 97.0 Å². The molecular formula is C51H46Cl5N5O6. The maximum Gasteiger partial charge on any atom is 0.329 e. The van der Waals surface area contributed by atoms with E-state index in [1.807, 2.05) is 112 Å². The summed E-state index contributed by atoms with van der Waals surface area (Å²) in [4.78, 5) is 30.5. The number of nitriles is 1. The number of carbonyl (C=O) groups is 2. The van der Waals surface area contributed by atoms with Crippen molar-refractivity contribution in [2.75, 3.05) is 19.7 Å². The van der Waals surface area contributed by atoms with Crippen molar-refractivity contribution in [1.29, 1.82) is 10.5 Å². The third-order valence-electron chi connectivity index (χ3n) is 9.90. The topological polar surface area (TPSA) is 140 Å². The Morgan fingerprint density at radius 3 is 1.94 bits per heavy atom. The maximum absolute atomic E-state index is 12.6. The quantitative estimate of drug-likeness (QED) is 0.0976. The zero-order valence-corrected chi connectivity index (χ0v) is 40.5. The summed E-state index contributed by atoms with van der Waals surface area (Å²) in [7, 11) is 0. The third-order valence-corrected chi connectivity index (χ3v) is 10.9. The largest absolute Gasteiger partial charge is 0.489 e. The molecule has 1 aliphatic carbocycles. The predicted molar refractivity (Wildman–Crippen MR) is 262 cm³/mol. The van der Waals surface area contributed by atoms with Crippen LogP contribution in [-0.4, -0.2) is 46.1 Å². The van der Waals surface area contributed by atoms with Crippen LogP contribution in [0.2, 0.25) is 15.1 Å². The van der Waals surface area contributed by atoms with Crippen molar-refractivity contribution >= 4 is 70.0 Å². The van der Waals surface area contributed by atoms with E-state index in [1.165, 1.54) is 10.9 Å². The van der Waals surface area contributed by atoms with Gasteiger partial charge in [0, 0.05) is 29.5 Å². The summed E-state index contributed by atoms with van der Waals surface area (Å²) in [6.45, 7) is 15.8. The first-order valence-electron chi connectivity index (χ1n) is 20.6. The number of benzene rings is 5. The van der Waals surface area contributed by atoms with Gasteiger partial charge in [0.25, 0.3) is 0 Å². The molecule has 1 fully saturated rings. The Morgan fingerprint density at radius 1 is 0.851 bits per heavy atom. The Morgan fingerprint density at radius 2 is 1.42 bits per heavy atom. The van der Waals surface area contributed by atoms with Crippen LogP contribution >= 0.6 is 58.0 Å². The van der Waals surface area contributed by atoms with E-state index in [4.69, 9.17) is 88.8 Å². The number of rotatable bonds is 14. The molecule has 1 aliphatic rings. The molecule has 0 saturated heterocycles. The number of allylic oxidation sites excluding steroid dienone is 1. The number of ether oxygens (including phenoxy) is 4. The number of aromatic nitrogens is 2. The number of amides is 1. The lowest BCUT2D eigenvalue weighted by molar-refractivity contribution is -0.149. The standard InChI is InChI=1S/C22H19Cl2NO3.C15H16Cl3N3O2.C13H11O.CN/c1-22(2)17(12-19(23)24)20(22)21(26)28-18(13-25)14-7-6-10-16(11-14)27-15-8-4-3-5-9-15;1-2-4-20(15(22)21-5-3-19-10-21)6-7-23-14-12(17)8-11(16)9-13(14)18;1-11-6-5-9-13(10-11)14-12-7-3-2-4-8-12;1-2/h3-12,17-18,20H,1-2H3;3,5,8-10H,2,4,6-7H2,1H3;2-10H,1H2;. The van der Waals surface area contributed by atoms with Gasteiger partial charge in [-0.1, -0.05) is 139 Å². The van der Waals surface area contributed by atoms with Crippen LogP contribution in [0.15, 0.2) is 151 Å². The number of hydrogen-bond donors (Lipinski definition) is 0. The summed E-state index contributed by atoms with van der Waals surface area (Å²) in [6.07, 6.45) is 6.09. The summed E-state index contributed by atoms with van der Waals surface area (Å²) in [5.41, 5.74) is 1.19. The fraction of sp³-hybridized carbons (Fsp3) is 0.216. The van der Waals surface area contributed by atoms with Crippen LogP contribution in [0.5, 0.6) is 28.7 Å². The van der Waals surface area contributed by atoms with Crippen LogP contribution in [0.25, 0.3) is 0 Å². The van der Waals surface area contributed by atoms with Gasteiger partial charge in [-0.3, -0.25) is 9.36 Å². The van der Waals surface area contributed by atoms with Gasteiger partial charge in [0.05, 0.1) is 22.5 Å². The van der Waals surface area contributed by atoms with Crippen LogP contribution in [0.4, 0.5) is 4.79 Å². The van der Waals surface area contributed by atoms with Crippen molar-refractivity contribution in [2.24, 2.45) is 17.3 Å². The first kappa shape index (κ1) is 53.4. The van der Waals surface area contributed by atoms with Gasteiger partial charge in [-0.2, -0.15) is 10.5 Å². The zero-order chi connectivity index (χ0) is 48.9. The van der Waals surface area contributed by atoms with Crippen molar-refractivity contribution in [3.05, 3.63) is 190 Å². The molecule has 0 bridgehead atoms. The fourth-order valence-corrected chi connectivity index (χ4v) is 7.76. The number of hydrogen-bond acceptors (Lipinski definition) is 9. The van der Waals surface area contributed by atoms with E-state index in [-0.39, 0.29) is 34.4 Å². The Kier molecular flexibility index (Phi) is 21.4. The molecule has 7 rings (SSSR count). The molecule has 2 radical (unpaired) electrons. The first-order chi connectivity index (χ1) is 32.2. The third kappa shape index (κ3) is 16.6. The Hall–Kier alpha value is -6.18. The lowest BCUT2D eigenvalue weighted by atomic mass is 10.1. The van der Waals surface area contributed by atoms with E-state index in [0.717, 1.165) is 23.5 Å². The van der Waals surface area contributed by atoms with Crippen LogP contribution in [-0.2, 0) is 9.53 Å². The number of imidazole rings is 1. The van der Waals surface area contributed by atoms with E-state index >= 15 is 0 Å². The Balaban J connectivity index is 0.000000226. The number of para-hydroxylation sites is 2. The highest BCUT2D eigenvalue weighted by Crippen LogP contribution is 2.60. The van der Waals surface area contributed by atoms with Gasteiger partial charge < -0.3 is 23.8 Å². The van der Waals surface area contributed by atoms with E-state index in [9.17, 15) is 14.9 Å². The zero-order valence-electron chi connectivity index (χ0n) is 36.7. The molecule has 6 aromatic rings. The molecule has 1 amide bonds. The summed E-state index contributed by atoms with van der Waals surface area (Å²) < 4.78 is 24.1. The molecule has 346 valence electrons. The molecule has 16 heteroatoms. The minimum Gasteiger partial charge on any atom is -0.489 e. The van der Waals surface area contributed by atoms with Gasteiger partial charge in [-0.25, -0.2) is 9.78 Å². The fourth-order valence-electron chi connectivity index (χ4n) is 6.57. The lowest BCUT2D eigenvalue weighted by Crippen LogP contribution is -2.37. The summed E-state index contributed by atoms with van der Waals surface area (Å²) in [5, 5.41) is 16.9. The smallest absolute Gasteiger partial charge is 0.329 e. The number of esters is 1. The normalized spacial score (nSPS) is 14.2.